The fraction of sp³-hybridized carbons (Fsp3) is 0.462. The van der Waals surface area contributed by atoms with Crippen LogP contribution >= 0.6 is 15.9 Å². The monoisotopic (exact) mass is 343 g/mol. The highest BCUT2D eigenvalue weighted by molar-refractivity contribution is 9.10. The predicted octanol–water partition coefficient (Wildman–Crippen LogP) is 2.92. The fourth-order valence-electron chi connectivity index (χ4n) is 1.88. The third-order valence-electron chi connectivity index (χ3n) is 2.83. The van der Waals surface area contributed by atoms with E-state index in [9.17, 15) is 14.9 Å². The summed E-state index contributed by atoms with van der Waals surface area (Å²) in [5.41, 5.74) is 5.64. The Labute approximate surface area is 126 Å². The third kappa shape index (κ3) is 4.57. The minimum absolute atomic E-state index is 0.145. The molecule has 6 nitrogen and oxygen atoms in total. The van der Waals surface area contributed by atoms with Crippen LogP contribution in [0.4, 0.5) is 11.4 Å². The van der Waals surface area contributed by atoms with Gasteiger partial charge in [0, 0.05) is 17.1 Å². The Morgan fingerprint density at radius 3 is 2.65 bits per heavy atom. The zero-order chi connectivity index (χ0) is 15.3. The molecule has 0 aliphatic rings. The highest BCUT2D eigenvalue weighted by Crippen LogP contribution is 2.28. The summed E-state index contributed by atoms with van der Waals surface area (Å²) in [7, 11) is 0. The molecule has 0 aliphatic heterocycles. The van der Waals surface area contributed by atoms with Gasteiger partial charge in [-0.25, -0.2) is 0 Å². The molecule has 7 heteroatoms. The molecule has 0 saturated carbocycles. The minimum atomic E-state index is -0.528. The van der Waals surface area contributed by atoms with Crippen molar-refractivity contribution in [1.82, 2.24) is 0 Å². The first-order valence-corrected chi connectivity index (χ1v) is 7.09. The van der Waals surface area contributed by atoms with Gasteiger partial charge in [-0.1, -0.05) is 29.8 Å². The van der Waals surface area contributed by atoms with Crippen molar-refractivity contribution in [2.45, 2.75) is 20.3 Å². The molecule has 0 radical (unpaired) electrons. The van der Waals surface area contributed by atoms with E-state index in [4.69, 9.17) is 5.73 Å². The number of carbonyl (C=O) groups excluding carboxylic acids is 1. The average molecular weight is 344 g/mol. The summed E-state index contributed by atoms with van der Waals surface area (Å²) in [5.74, 6) is -0.306. The predicted molar refractivity (Wildman–Crippen MR) is 81.4 cm³/mol. The molecule has 0 heterocycles. The summed E-state index contributed by atoms with van der Waals surface area (Å²) in [6.07, 6.45) is 0.645. The number of nitrogens with zero attached hydrogens (tertiary/aromatic N) is 1. The summed E-state index contributed by atoms with van der Waals surface area (Å²) in [6, 6.07) is 4.50. The van der Waals surface area contributed by atoms with E-state index < -0.39 is 4.92 Å². The topological polar surface area (TPSA) is 98.3 Å². The van der Waals surface area contributed by atoms with Gasteiger partial charge in [0.1, 0.15) is 5.69 Å². The molecule has 1 atom stereocenters. The second kappa shape index (κ2) is 7.35. The van der Waals surface area contributed by atoms with E-state index in [0.29, 0.717) is 16.8 Å². The van der Waals surface area contributed by atoms with Crippen molar-refractivity contribution in [2.75, 3.05) is 11.9 Å². The van der Waals surface area contributed by atoms with Crippen LogP contribution in [0.1, 0.15) is 20.3 Å². The molecule has 1 aromatic rings. The van der Waals surface area contributed by atoms with Gasteiger partial charge in [0.05, 0.1) is 10.8 Å². The van der Waals surface area contributed by atoms with Crippen LogP contribution in [0.5, 0.6) is 0 Å². The summed E-state index contributed by atoms with van der Waals surface area (Å²) in [4.78, 5) is 22.6. The Balaban J connectivity index is 2.92. The van der Waals surface area contributed by atoms with Crippen molar-refractivity contribution in [3.63, 3.8) is 0 Å². The first-order chi connectivity index (χ1) is 9.35. The normalized spacial score (nSPS) is 12.2. The van der Waals surface area contributed by atoms with Crippen LogP contribution in [0.2, 0.25) is 0 Å². The zero-order valence-corrected chi connectivity index (χ0v) is 13.0. The van der Waals surface area contributed by atoms with Crippen LogP contribution in [0.25, 0.3) is 0 Å². The molecule has 1 rings (SSSR count). The van der Waals surface area contributed by atoms with Crippen molar-refractivity contribution >= 4 is 33.2 Å². The van der Waals surface area contributed by atoms with Crippen LogP contribution in [0.3, 0.4) is 0 Å². The van der Waals surface area contributed by atoms with E-state index in [1.54, 1.807) is 6.07 Å². The summed E-state index contributed by atoms with van der Waals surface area (Å²) in [5, 5.41) is 13.6. The van der Waals surface area contributed by atoms with Gasteiger partial charge < -0.3 is 11.1 Å². The van der Waals surface area contributed by atoms with Crippen molar-refractivity contribution in [3.8, 4) is 0 Å². The Bertz CT molecular complexity index is 506. The lowest BCUT2D eigenvalue weighted by Crippen LogP contribution is -2.30. The number of amides is 1. The lowest BCUT2D eigenvalue weighted by molar-refractivity contribution is -0.384. The number of rotatable bonds is 6. The molecule has 0 spiro atoms. The summed E-state index contributed by atoms with van der Waals surface area (Å²) >= 11 is 3.17. The van der Waals surface area contributed by atoms with E-state index >= 15 is 0 Å². The van der Waals surface area contributed by atoms with E-state index in [2.05, 4.69) is 21.2 Å². The average Bonchev–Trinajstić information content (AvgIpc) is 2.37. The van der Waals surface area contributed by atoms with Crippen LogP contribution in [0, 0.1) is 22.0 Å². The Hall–Kier alpha value is -1.47. The number of nitro groups is 1. The molecule has 0 saturated heterocycles. The second-order valence-corrected chi connectivity index (χ2v) is 5.89. The minimum Gasteiger partial charge on any atom is -0.330 e. The van der Waals surface area contributed by atoms with Crippen LogP contribution in [0.15, 0.2) is 22.7 Å². The number of nitro benzene ring substituents is 1. The summed E-state index contributed by atoms with van der Waals surface area (Å²) in [6.45, 7) is 4.21. The van der Waals surface area contributed by atoms with E-state index in [1.165, 1.54) is 12.1 Å². The van der Waals surface area contributed by atoms with E-state index in [1.807, 2.05) is 13.8 Å². The maximum absolute atomic E-state index is 12.1. The first-order valence-electron chi connectivity index (χ1n) is 6.30. The molecular weight excluding hydrogens is 326 g/mol. The van der Waals surface area contributed by atoms with Gasteiger partial charge in [0.15, 0.2) is 0 Å². The molecular formula is C13H18BrN3O3. The van der Waals surface area contributed by atoms with Gasteiger partial charge in [0.2, 0.25) is 5.91 Å². The number of nitrogens with one attached hydrogen (secondary N) is 1. The number of benzene rings is 1. The third-order valence-corrected chi connectivity index (χ3v) is 3.32. The first kappa shape index (κ1) is 16.6. The fourth-order valence-corrected chi connectivity index (χ4v) is 2.22. The SMILES string of the molecule is CC(C)CC(CN)C(=O)Nc1ccc(Br)cc1[N+](=O)[O-]. The molecule has 1 unspecified atom stereocenters. The molecule has 0 fully saturated rings. The largest absolute Gasteiger partial charge is 0.330 e. The van der Waals surface area contributed by atoms with Crippen molar-refractivity contribution in [3.05, 3.63) is 32.8 Å². The Morgan fingerprint density at radius 1 is 1.50 bits per heavy atom. The molecule has 110 valence electrons. The van der Waals surface area contributed by atoms with Gasteiger partial charge in [-0.3, -0.25) is 14.9 Å². The smallest absolute Gasteiger partial charge is 0.293 e. The molecule has 0 bridgehead atoms. The lowest BCUT2D eigenvalue weighted by Gasteiger charge is -2.16. The van der Waals surface area contributed by atoms with Crippen LogP contribution in [-0.2, 0) is 4.79 Å². The second-order valence-electron chi connectivity index (χ2n) is 4.97. The van der Waals surface area contributed by atoms with E-state index in [0.717, 1.165) is 0 Å². The number of nitrogens with two attached hydrogens (primary N) is 1. The van der Waals surface area contributed by atoms with Gasteiger partial charge in [-0.2, -0.15) is 0 Å². The van der Waals surface area contributed by atoms with E-state index in [-0.39, 0.29) is 29.7 Å². The molecule has 0 aromatic heterocycles. The van der Waals surface area contributed by atoms with Gasteiger partial charge in [-0.15, -0.1) is 0 Å². The Morgan fingerprint density at radius 2 is 2.15 bits per heavy atom. The highest BCUT2D eigenvalue weighted by Gasteiger charge is 2.22. The zero-order valence-electron chi connectivity index (χ0n) is 11.4. The van der Waals surface area contributed by atoms with Gasteiger partial charge in [-0.05, 0) is 24.5 Å². The number of hydrogen-bond donors (Lipinski definition) is 2. The number of anilines is 1. The maximum atomic E-state index is 12.1. The lowest BCUT2D eigenvalue weighted by atomic mass is 9.96. The number of carbonyl (C=O) groups is 1. The highest BCUT2D eigenvalue weighted by atomic mass is 79.9. The van der Waals surface area contributed by atoms with Crippen molar-refractivity contribution in [2.24, 2.45) is 17.6 Å². The Kier molecular flexibility index (Phi) is 6.09. The standard InChI is InChI=1S/C13H18BrN3O3/c1-8(2)5-9(7-15)13(18)16-11-4-3-10(14)6-12(11)17(19)20/h3-4,6,8-9H,5,7,15H2,1-2H3,(H,16,18). The molecule has 0 aliphatic carbocycles. The number of hydrogen-bond acceptors (Lipinski definition) is 4. The van der Waals surface area contributed by atoms with Crippen LogP contribution in [-0.4, -0.2) is 17.4 Å². The van der Waals surface area contributed by atoms with Crippen LogP contribution < -0.4 is 11.1 Å². The van der Waals surface area contributed by atoms with Crippen molar-refractivity contribution < 1.29 is 9.72 Å². The quantitative estimate of drug-likeness (QED) is 0.612. The molecule has 1 amide bonds. The molecule has 3 N–H and O–H groups in total. The van der Waals surface area contributed by atoms with Gasteiger partial charge >= 0.3 is 0 Å². The molecule has 1 aromatic carbocycles. The van der Waals surface area contributed by atoms with Gasteiger partial charge in [0.25, 0.3) is 5.69 Å². The molecule has 20 heavy (non-hydrogen) atoms. The van der Waals surface area contributed by atoms with Crippen molar-refractivity contribution in [1.29, 1.82) is 0 Å². The number of halogens is 1. The summed E-state index contributed by atoms with van der Waals surface area (Å²) < 4.78 is 0.583. The maximum Gasteiger partial charge on any atom is 0.293 e.